The van der Waals surface area contributed by atoms with Gasteiger partial charge in [0.05, 0.1) is 0 Å². The van der Waals surface area contributed by atoms with Gasteiger partial charge in [0.25, 0.3) is 0 Å². The number of nitrogens with zero attached hydrogens (tertiary/aromatic N) is 4. The molecule has 0 radical (unpaired) electrons. The van der Waals surface area contributed by atoms with Crippen molar-refractivity contribution < 1.29 is 9.59 Å². The minimum Gasteiger partial charge on any atom is -0.344 e. The molecule has 2 fully saturated rings. The Balaban J connectivity index is 1.25. The Kier molecular flexibility index (Phi) is 9.76. The molecule has 2 aromatic carbocycles. The molecule has 0 aliphatic carbocycles. The number of rotatable bonds is 8. The number of hydrogen-bond donors (Lipinski definition) is 2. The Morgan fingerprint density at radius 2 is 1.73 bits per heavy atom. The Hall–Kier alpha value is -2.49. The van der Waals surface area contributed by atoms with Crippen molar-refractivity contribution in [3.63, 3.8) is 0 Å². The number of hydrazine groups is 1. The zero-order valence-corrected chi connectivity index (χ0v) is 24.6. The maximum Gasteiger partial charge on any atom is 0.245 e. The molecule has 2 saturated heterocycles. The highest BCUT2D eigenvalue weighted by Gasteiger charge is 2.33. The lowest BCUT2D eigenvalue weighted by atomic mass is 9.91. The van der Waals surface area contributed by atoms with Gasteiger partial charge >= 0.3 is 0 Å². The minimum atomic E-state index is -0.619. The molecule has 216 valence electrons. The molecule has 0 bridgehead atoms. The van der Waals surface area contributed by atoms with Gasteiger partial charge in [0.1, 0.15) is 6.04 Å². The lowest BCUT2D eigenvalue weighted by Gasteiger charge is -2.44. The van der Waals surface area contributed by atoms with Crippen LogP contribution in [0.15, 0.2) is 48.5 Å². The van der Waals surface area contributed by atoms with Crippen molar-refractivity contribution >= 4 is 23.4 Å². The first-order valence-corrected chi connectivity index (χ1v) is 15.1. The number of piperazine rings is 1. The van der Waals surface area contributed by atoms with Crippen LogP contribution in [0.2, 0.25) is 5.02 Å². The highest BCUT2D eigenvalue weighted by atomic mass is 35.5. The molecular formula is C31H43ClN6O2. The Labute approximate surface area is 243 Å². The second-order valence-electron chi connectivity index (χ2n) is 11.4. The maximum atomic E-state index is 13.9. The molecule has 2 atom stereocenters. The number of nitrogens with one attached hydrogen (secondary N) is 2. The SMILES string of the molecule is CN1CCc2ccccc2C1CC(=O)NC(Cc1ccc(Cl)cc1)C(=O)N1CCN(N(C)C2CCNCC2)CC1. The van der Waals surface area contributed by atoms with E-state index in [0.29, 0.717) is 37.0 Å². The molecule has 3 heterocycles. The van der Waals surface area contributed by atoms with E-state index in [2.05, 4.69) is 57.8 Å². The van der Waals surface area contributed by atoms with Gasteiger partial charge in [-0.1, -0.05) is 48.0 Å². The molecule has 40 heavy (non-hydrogen) atoms. The number of benzene rings is 2. The summed E-state index contributed by atoms with van der Waals surface area (Å²) in [6.45, 7) is 5.94. The number of piperidine rings is 1. The minimum absolute atomic E-state index is 0.00491. The molecule has 0 aromatic heterocycles. The van der Waals surface area contributed by atoms with Crippen LogP contribution in [0.1, 0.15) is 42.0 Å². The number of fused-ring (bicyclic) bond motifs is 1. The molecule has 3 aliphatic heterocycles. The normalized spacial score (nSPS) is 21.7. The van der Waals surface area contributed by atoms with Gasteiger partial charge in [-0.2, -0.15) is 0 Å². The predicted octanol–water partition coefficient (Wildman–Crippen LogP) is 2.73. The quantitative estimate of drug-likeness (QED) is 0.512. The zero-order valence-electron chi connectivity index (χ0n) is 23.8. The lowest BCUT2D eigenvalue weighted by molar-refractivity contribution is -0.142. The fraction of sp³-hybridized carbons (Fsp3) is 0.548. The van der Waals surface area contributed by atoms with Crippen LogP contribution in [0.3, 0.4) is 0 Å². The number of hydrogen-bond acceptors (Lipinski definition) is 6. The first-order chi connectivity index (χ1) is 19.4. The van der Waals surface area contributed by atoms with Crippen LogP contribution in [0.5, 0.6) is 0 Å². The van der Waals surface area contributed by atoms with E-state index in [9.17, 15) is 9.59 Å². The van der Waals surface area contributed by atoms with E-state index >= 15 is 0 Å². The third kappa shape index (κ3) is 7.04. The molecule has 0 saturated carbocycles. The van der Waals surface area contributed by atoms with Crippen LogP contribution in [0.4, 0.5) is 0 Å². The van der Waals surface area contributed by atoms with Gasteiger partial charge in [-0.05, 0) is 68.2 Å². The summed E-state index contributed by atoms with van der Waals surface area (Å²) in [5.74, 6) is -0.102. The van der Waals surface area contributed by atoms with Crippen molar-refractivity contribution in [2.45, 2.75) is 50.2 Å². The molecule has 5 rings (SSSR count). The van der Waals surface area contributed by atoms with E-state index in [1.165, 1.54) is 11.1 Å². The molecule has 2 aromatic rings. The van der Waals surface area contributed by atoms with E-state index in [0.717, 1.165) is 57.5 Å². The van der Waals surface area contributed by atoms with Crippen LogP contribution in [-0.4, -0.2) is 104 Å². The Morgan fingerprint density at radius 3 is 2.45 bits per heavy atom. The zero-order chi connectivity index (χ0) is 28.1. The van der Waals surface area contributed by atoms with Gasteiger partial charge in [-0.15, -0.1) is 0 Å². The fourth-order valence-electron chi connectivity index (χ4n) is 6.39. The molecule has 2 N–H and O–H groups in total. The maximum absolute atomic E-state index is 13.9. The molecule has 3 aliphatic rings. The number of likely N-dealkylation sites (N-methyl/N-ethyl adjacent to an activating group) is 1. The molecule has 8 nitrogen and oxygen atoms in total. The fourth-order valence-corrected chi connectivity index (χ4v) is 6.52. The summed E-state index contributed by atoms with van der Waals surface area (Å²) in [5.41, 5.74) is 3.49. The second kappa shape index (κ2) is 13.4. The monoisotopic (exact) mass is 566 g/mol. The van der Waals surface area contributed by atoms with Gasteiger partial charge in [0, 0.05) is 69.7 Å². The number of halogens is 1. The molecule has 2 amide bonds. The van der Waals surface area contributed by atoms with Crippen LogP contribution in [0.25, 0.3) is 0 Å². The van der Waals surface area contributed by atoms with Crippen molar-refractivity contribution in [1.29, 1.82) is 0 Å². The highest BCUT2D eigenvalue weighted by Crippen LogP contribution is 2.31. The molecule has 0 spiro atoms. The average molecular weight is 567 g/mol. The molecule has 9 heteroatoms. The third-order valence-electron chi connectivity index (χ3n) is 8.90. The summed E-state index contributed by atoms with van der Waals surface area (Å²) in [6.07, 6.45) is 4.04. The van der Waals surface area contributed by atoms with Crippen molar-refractivity contribution in [1.82, 2.24) is 30.5 Å². The standard InChI is InChI=1S/C31H43ClN6O2/c1-35-16-13-24-5-3-4-6-27(24)29(35)22-30(39)34-28(21-23-7-9-25(32)10-8-23)31(40)37-17-19-38(20-18-37)36(2)26-11-14-33-15-12-26/h3-10,26,28-29,33H,11-22H2,1-2H3,(H,34,39). The van der Waals surface area contributed by atoms with Gasteiger partial charge in [-0.3, -0.25) is 14.5 Å². The van der Waals surface area contributed by atoms with Crippen LogP contribution in [0, 0.1) is 0 Å². The summed E-state index contributed by atoms with van der Waals surface area (Å²) < 4.78 is 0. The number of carbonyl (C=O) groups is 2. The summed E-state index contributed by atoms with van der Waals surface area (Å²) in [4.78, 5) is 31.5. The van der Waals surface area contributed by atoms with Gasteiger partial charge < -0.3 is 15.5 Å². The van der Waals surface area contributed by atoms with Gasteiger partial charge in [0.2, 0.25) is 11.8 Å². The first kappa shape index (κ1) is 29.0. The summed E-state index contributed by atoms with van der Waals surface area (Å²) in [6, 6.07) is 15.9. The second-order valence-corrected chi connectivity index (χ2v) is 11.9. The Morgan fingerprint density at radius 1 is 1.02 bits per heavy atom. The summed E-state index contributed by atoms with van der Waals surface area (Å²) >= 11 is 6.11. The smallest absolute Gasteiger partial charge is 0.245 e. The number of amides is 2. The van der Waals surface area contributed by atoms with E-state index in [4.69, 9.17) is 11.6 Å². The van der Waals surface area contributed by atoms with Crippen LogP contribution >= 0.6 is 11.6 Å². The van der Waals surface area contributed by atoms with E-state index in [1.807, 2.05) is 35.2 Å². The van der Waals surface area contributed by atoms with Gasteiger partial charge in [-0.25, -0.2) is 10.0 Å². The predicted molar refractivity (Wildman–Crippen MR) is 159 cm³/mol. The largest absolute Gasteiger partial charge is 0.344 e. The Bertz CT molecular complexity index is 1150. The van der Waals surface area contributed by atoms with Crippen LogP contribution < -0.4 is 10.6 Å². The summed E-state index contributed by atoms with van der Waals surface area (Å²) in [5, 5.41) is 12.0. The van der Waals surface area contributed by atoms with Crippen molar-refractivity contribution in [3.8, 4) is 0 Å². The van der Waals surface area contributed by atoms with E-state index in [1.54, 1.807) is 0 Å². The third-order valence-corrected chi connectivity index (χ3v) is 9.15. The lowest BCUT2D eigenvalue weighted by Crippen LogP contribution is -2.60. The van der Waals surface area contributed by atoms with Crippen molar-refractivity contribution in [3.05, 3.63) is 70.2 Å². The van der Waals surface area contributed by atoms with E-state index in [-0.39, 0.29) is 17.9 Å². The topological polar surface area (TPSA) is 71.2 Å². The van der Waals surface area contributed by atoms with Crippen molar-refractivity contribution in [2.75, 3.05) is 59.9 Å². The summed E-state index contributed by atoms with van der Waals surface area (Å²) in [7, 11) is 4.25. The average Bonchev–Trinajstić information content (AvgIpc) is 2.99. The molecular weight excluding hydrogens is 524 g/mol. The van der Waals surface area contributed by atoms with Crippen LogP contribution in [-0.2, 0) is 22.4 Å². The first-order valence-electron chi connectivity index (χ1n) is 14.7. The van der Waals surface area contributed by atoms with Gasteiger partial charge in [0.15, 0.2) is 0 Å². The molecule has 2 unspecified atom stereocenters. The van der Waals surface area contributed by atoms with E-state index < -0.39 is 6.04 Å². The highest BCUT2D eigenvalue weighted by molar-refractivity contribution is 6.30. The number of carbonyl (C=O) groups excluding carboxylic acids is 2. The van der Waals surface area contributed by atoms with Crippen molar-refractivity contribution in [2.24, 2.45) is 0 Å².